The van der Waals surface area contributed by atoms with Gasteiger partial charge in [-0.1, -0.05) is 13.3 Å². The molecule has 84 valence electrons. The summed E-state index contributed by atoms with van der Waals surface area (Å²) in [4.78, 5) is 0. The Bertz CT molecular complexity index is 182. The van der Waals surface area contributed by atoms with E-state index in [1.54, 1.807) is 0 Å². The number of ether oxygens (including phenoxy) is 1. The largest absolute Gasteiger partial charge is 0.388 e. The van der Waals surface area contributed by atoms with Gasteiger partial charge >= 0.3 is 0 Å². The summed E-state index contributed by atoms with van der Waals surface area (Å²) in [6.45, 7) is 1.79. The summed E-state index contributed by atoms with van der Waals surface area (Å²) in [5, 5.41) is 37.8. The Morgan fingerprint density at radius 1 is 1.36 bits per heavy atom. The third kappa shape index (κ3) is 2.24. The van der Waals surface area contributed by atoms with Crippen molar-refractivity contribution in [3.05, 3.63) is 0 Å². The van der Waals surface area contributed by atoms with Gasteiger partial charge in [-0.15, -0.1) is 0 Å². The Morgan fingerprint density at radius 2 is 2.00 bits per heavy atom. The Labute approximate surface area is 82.9 Å². The Balaban J connectivity index is 2.60. The van der Waals surface area contributed by atoms with Crippen molar-refractivity contribution in [2.24, 2.45) is 0 Å². The first-order chi connectivity index (χ1) is 6.51. The molecular formula is C9H18O5. The molecule has 1 saturated heterocycles. The van der Waals surface area contributed by atoms with Crippen LogP contribution in [0.4, 0.5) is 0 Å². The van der Waals surface area contributed by atoms with Crippen LogP contribution in [0.1, 0.15) is 26.2 Å². The molecule has 1 fully saturated rings. The molecule has 4 N–H and O–H groups in total. The summed E-state index contributed by atoms with van der Waals surface area (Å²) in [5.74, 6) is -1.71. The van der Waals surface area contributed by atoms with E-state index in [1.165, 1.54) is 0 Å². The molecule has 0 radical (unpaired) electrons. The first-order valence-electron chi connectivity index (χ1n) is 4.92. The van der Waals surface area contributed by atoms with Gasteiger partial charge in [-0.25, -0.2) is 0 Å². The van der Waals surface area contributed by atoms with Crippen molar-refractivity contribution >= 4 is 0 Å². The van der Waals surface area contributed by atoms with Gasteiger partial charge in [-0.3, -0.25) is 0 Å². The number of aliphatic hydroxyl groups excluding tert-OH is 3. The Kier molecular flexibility index (Phi) is 3.86. The smallest absolute Gasteiger partial charge is 0.194 e. The molecule has 0 amide bonds. The maximum Gasteiger partial charge on any atom is 0.194 e. The van der Waals surface area contributed by atoms with Crippen molar-refractivity contribution in [2.45, 2.75) is 50.3 Å². The Morgan fingerprint density at radius 3 is 2.57 bits per heavy atom. The predicted octanol–water partition coefficient (Wildman–Crippen LogP) is -1.02. The summed E-state index contributed by atoms with van der Waals surface area (Å²) >= 11 is 0. The topological polar surface area (TPSA) is 90.2 Å². The zero-order valence-electron chi connectivity index (χ0n) is 8.26. The molecule has 1 rings (SSSR count). The van der Waals surface area contributed by atoms with Gasteiger partial charge in [0.25, 0.3) is 0 Å². The van der Waals surface area contributed by atoms with Crippen LogP contribution in [0.2, 0.25) is 0 Å². The van der Waals surface area contributed by atoms with E-state index in [9.17, 15) is 15.3 Å². The van der Waals surface area contributed by atoms with Crippen LogP contribution in [0.5, 0.6) is 0 Å². The minimum atomic E-state index is -1.71. The standard InChI is InChI=1S/C9H18O5/c1-2-3-4-9(13)8(12)7(11)6(10)5-14-9/h6-8,10-13H,2-5H2,1H3/t6-,7+,8-,9-/m1/s1. The van der Waals surface area contributed by atoms with Crippen molar-refractivity contribution in [1.29, 1.82) is 0 Å². The van der Waals surface area contributed by atoms with Crippen LogP contribution < -0.4 is 0 Å². The van der Waals surface area contributed by atoms with E-state index in [4.69, 9.17) is 9.84 Å². The molecule has 0 saturated carbocycles. The first-order valence-corrected chi connectivity index (χ1v) is 4.92. The molecule has 0 bridgehead atoms. The maximum absolute atomic E-state index is 9.82. The fourth-order valence-electron chi connectivity index (χ4n) is 1.54. The number of hydrogen-bond acceptors (Lipinski definition) is 5. The van der Waals surface area contributed by atoms with Crippen LogP contribution in [-0.2, 0) is 4.74 Å². The molecule has 0 aromatic rings. The third-order valence-electron chi connectivity index (χ3n) is 2.57. The molecule has 5 nitrogen and oxygen atoms in total. The lowest BCUT2D eigenvalue weighted by Crippen LogP contribution is -2.60. The van der Waals surface area contributed by atoms with Crippen LogP contribution in [0.15, 0.2) is 0 Å². The average Bonchev–Trinajstić information content (AvgIpc) is 2.19. The minimum Gasteiger partial charge on any atom is -0.388 e. The van der Waals surface area contributed by atoms with Gasteiger partial charge in [0.1, 0.15) is 18.3 Å². The summed E-state index contributed by atoms with van der Waals surface area (Å²) in [5.41, 5.74) is 0. The molecule has 4 atom stereocenters. The number of unbranched alkanes of at least 4 members (excludes halogenated alkanes) is 1. The van der Waals surface area contributed by atoms with Crippen molar-refractivity contribution in [3.8, 4) is 0 Å². The fraction of sp³-hybridized carbons (Fsp3) is 1.00. The molecule has 0 aromatic carbocycles. The molecular weight excluding hydrogens is 188 g/mol. The molecule has 0 aromatic heterocycles. The molecule has 1 aliphatic heterocycles. The summed E-state index contributed by atoms with van der Waals surface area (Å²) < 4.78 is 4.96. The lowest BCUT2D eigenvalue weighted by atomic mass is 9.93. The normalized spacial score (nSPS) is 43.9. The number of hydrogen-bond donors (Lipinski definition) is 4. The van der Waals surface area contributed by atoms with Crippen molar-refractivity contribution in [2.75, 3.05) is 6.61 Å². The summed E-state index contributed by atoms with van der Waals surface area (Å²) in [6, 6.07) is 0. The minimum absolute atomic E-state index is 0.154. The summed E-state index contributed by atoms with van der Waals surface area (Å²) in [6.07, 6.45) is -2.11. The predicted molar refractivity (Wildman–Crippen MR) is 48.4 cm³/mol. The van der Waals surface area contributed by atoms with Crippen molar-refractivity contribution < 1.29 is 25.2 Å². The first kappa shape index (κ1) is 11.9. The van der Waals surface area contributed by atoms with E-state index < -0.39 is 24.1 Å². The molecule has 0 spiro atoms. The van der Waals surface area contributed by atoms with E-state index in [0.717, 1.165) is 6.42 Å². The lowest BCUT2D eigenvalue weighted by Gasteiger charge is -2.41. The van der Waals surface area contributed by atoms with Gasteiger partial charge in [0.2, 0.25) is 0 Å². The van der Waals surface area contributed by atoms with E-state index in [0.29, 0.717) is 6.42 Å². The highest BCUT2D eigenvalue weighted by molar-refractivity contribution is 4.91. The van der Waals surface area contributed by atoms with E-state index in [2.05, 4.69) is 0 Å². The maximum atomic E-state index is 9.82. The zero-order valence-corrected chi connectivity index (χ0v) is 8.26. The van der Waals surface area contributed by atoms with Crippen LogP contribution in [-0.4, -0.2) is 51.1 Å². The molecule has 5 heteroatoms. The van der Waals surface area contributed by atoms with E-state index in [-0.39, 0.29) is 13.0 Å². The van der Waals surface area contributed by atoms with Crippen LogP contribution in [0.25, 0.3) is 0 Å². The fourth-order valence-corrected chi connectivity index (χ4v) is 1.54. The van der Waals surface area contributed by atoms with Crippen molar-refractivity contribution in [1.82, 2.24) is 0 Å². The van der Waals surface area contributed by atoms with Crippen LogP contribution in [0, 0.1) is 0 Å². The van der Waals surface area contributed by atoms with Gasteiger partial charge in [-0.05, 0) is 6.42 Å². The van der Waals surface area contributed by atoms with Crippen LogP contribution in [0.3, 0.4) is 0 Å². The van der Waals surface area contributed by atoms with E-state index in [1.807, 2.05) is 6.92 Å². The third-order valence-corrected chi connectivity index (χ3v) is 2.57. The highest BCUT2D eigenvalue weighted by Crippen LogP contribution is 2.28. The van der Waals surface area contributed by atoms with Gasteiger partial charge in [-0.2, -0.15) is 0 Å². The number of aliphatic hydroxyl groups is 4. The molecule has 1 heterocycles. The highest BCUT2D eigenvalue weighted by Gasteiger charge is 2.47. The quantitative estimate of drug-likeness (QED) is 0.474. The number of rotatable bonds is 3. The monoisotopic (exact) mass is 206 g/mol. The van der Waals surface area contributed by atoms with Gasteiger partial charge < -0.3 is 25.2 Å². The average molecular weight is 206 g/mol. The SMILES string of the molecule is CCCC[C@@]1(O)OC[C@@H](O)[C@H](O)[C@H]1O. The van der Waals surface area contributed by atoms with Crippen molar-refractivity contribution in [3.63, 3.8) is 0 Å². The highest BCUT2D eigenvalue weighted by atomic mass is 16.6. The van der Waals surface area contributed by atoms with Gasteiger partial charge in [0.15, 0.2) is 5.79 Å². The second-order valence-electron chi connectivity index (χ2n) is 3.76. The Hall–Kier alpha value is -0.200. The van der Waals surface area contributed by atoms with E-state index >= 15 is 0 Å². The van der Waals surface area contributed by atoms with Gasteiger partial charge in [0, 0.05) is 6.42 Å². The lowest BCUT2D eigenvalue weighted by molar-refractivity contribution is -0.323. The van der Waals surface area contributed by atoms with Gasteiger partial charge in [0.05, 0.1) is 6.61 Å². The molecule has 1 aliphatic rings. The van der Waals surface area contributed by atoms with Crippen LogP contribution >= 0.6 is 0 Å². The second-order valence-corrected chi connectivity index (χ2v) is 3.76. The zero-order chi connectivity index (χ0) is 10.8. The molecule has 0 unspecified atom stereocenters. The molecule has 14 heavy (non-hydrogen) atoms. The second kappa shape index (κ2) is 4.55. The molecule has 0 aliphatic carbocycles. The summed E-state index contributed by atoms with van der Waals surface area (Å²) in [7, 11) is 0.